The third kappa shape index (κ3) is 3.20. The number of pyridine rings is 2. The van der Waals surface area contributed by atoms with E-state index in [-0.39, 0.29) is 17.6 Å². The highest BCUT2D eigenvalue weighted by molar-refractivity contribution is 6.05. The molecule has 0 bridgehead atoms. The van der Waals surface area contributed by atoms with E-state index in [1.54, 1.807) is 12.4 Å². The Morgan fingerprint density at radius 3 is 2.75 bits per heavy atom. The minimum Gasteiger partial charge on any atom is -0.335 e. The number of aromatic nitrogens is 4. The van der Waals surface area contributed by atoms with Crippen LogP contribution in [0.3, 0.4) is 0 Å². The van der Waals surface area contributed by atoms with Gasteiger partial charge in [-0.15, -0.1) is 0 Å². The van der Waals surface area contributed by atoms with Crippen LogP contribution in [0.15, 0.2) is 59.7 Å². The fourth-order valence-corrected chi connectivity index (χ4v) is 4.96. The minimum absolute atomic E-state index is 0.00631. The summed E-state index contributed by atoms with van der Waals surface area (Å²) in [5.74, 6) is 0.517. The van der Waals surface area contributed by atoms with Crippen LogP contribution in [0.1, 0.15) is 42.2 Å². The SMILES string of the molecule is O=C(c1nccc2ccccc12)N1CCC[C@H](n2c(=O)n(CC3CC3)c3cccnc32)C1. The van der Waals surface area contributed by atoms with Crippen molar-refractivity contribution >= 4 is 27.8 Å². The van der Waals surface area contributed by atoms with Gasteiger partial charge >= 0.3 is 5.69 Å². The van der Waals surface area contributed by atoms with Crippen molar-refractivity contribution in [3.8, 4) is 0 Å². The van der Waals surface area contributed by atoms with Gasteiger partial charge in [-0.05, 0) is 55.2 Å². The second-order valence-electron chi connectivity index (χ2n) is 8.98. The van der Waals surface area contributed by atoms with Gasteiger partial charge in [0.05, 0.1) is 11.6 Å². The zero-order valence-electron chi connectivity index (χ0n) is 17.9. The molecule has 2 aliphatic rings. The van der Waals surface area contributed by atoms with E-state index >= 15 is 0 Å². The molecular weight excluding hydrogens is 402 g/mol. The zero-order valence-corrected chi connectivity index (χ0v) is 17.9. The van der Waals surface area contributed by atoms with Gasteiger partial charge in [0.1, 0.15) is 5.69 Å². The lowest BCUT2D eigenvalue weighted by Gasteiger charge is -2.33. The maximum Gasteiger partial charge on any atom is 0.330 e. The van der Waals surface area contributed by atoms with Gasteiger partial charge in [-0.2, -0.15) is 0 Å². The first kappa shape index (κ1) is 19.2. The molecule has 162 valence electrons. The highest BCUT2D eigenvalue weighted by Crippen LogP contribution is 2.32. The molecule has 0 N–H and O–H groups in total. The van der Waals surface area contributed by atoms with Crippen molar-refractivity contribution in [1.82, 2.24) is 24.0 Å². The van der Waals surface area contributed by atoms with Gasteiger partial charge in [-0.1, -0.05) is 24.3 Å². The standard InChI is InChI=1S/C25H25N5O2/c31-24(22-20-7-2-1-5-18(20)11-13-26-22)28-14-4-6-19(16-28)30-23-21(8-3-12-27-23)29(25(30)32)15-17-9-10-17/h1-3,5,7-8,11-13,17,19H,4,6,9-10,14-16H2/t19-/m0/s1. The average molecular weight is 428 g/mol. The van der Waals surface area contributed by atoms with Crippen molar-refractivity contribution in [3.63, 3.8) is 0 Å². The number of benzene rings is 1. The number of hydrogen-bond donors (Lipinski definition) is 0. The number of imidazole rings is 1. The number of hydrogen-bond acceptors (Lipinski definition) is 4. The first-order chi connectivity index (χ1) is 15.7. The predicted octanol–water partition coefficient (Wildman–Crippen LogP) is 3.63. The van der Waals surface area contributed by atoms with Crippen LogP contribution in [0.2, 0.25) is 0 Å². The van der Waals surface area contributed by atoms with Crippen molar-refractivity contribution in [3.05, 3.63) is 71.0 Å². The molecule has 2 fully saturated rings. The Labute approximate surface area is 185 Å². The summed E-state index contributed by atoms with van der Waals surface area (Å²) in [7, 11) is 0. The zero-order chi connectivity index (χ0) is 21.7. The van der Waals surface area contributed by atoms with Crippen LogP contribution in [0.4, 0.5) is 0 Å². The van der Waals surface area contributed by atoms with E-state index in [9.17, 15) is 9.59 Å². The average Bonchev–Trinajstić information content (AvgIpc) is 3.62. The van der Waals surface area contributed by atoms with E-state index in [4.69, 9.17) is 0 Å². The van der Waals surface area contributed by atoms with Crippen molar-refractivity contribution in [1.29, 1.82) is 0 Å². The summed E-state index contributed by atoms with van der Waals surface area (Å²) in [5, 5.41) is 1.87. The summed E-state index contributed by atoms with van der Waals surface area (Å²) in [6.45, 7) is 1.91. The lowest BCUT2D eigenvalue weighted by molar-refractivity contribution is 0.0675. The van der Waals surface area contributed by atoms with Gasteiger partial charge in [-0.25, -0.2) is 9.78 Å². The van der Waals surface area contributed by atoms with E-state index in [1.807, 2.05) is 56.5 Å². The van der Waals surface area contributed by atoms with Crippen molar-refractivity contribution in [2.45, 2.75) is 38.3 Å². The summed E-state index contributed by atoms with van der Waals surface area (Å²) >= 11 is 0. The van der Waals surface area contributed by atoms with Crippen molar-refractivity contribution < 1.29 is 4.79 Å². The normalized spacial score (nSPS) is 19.0. The Hall–Kier alpha value is -3.48. The number of piperidine rings is 1. The molecule has 1 aliphatic carbocycles. The Morgan fingerprint density at radius 2 is 1.88 bits per heavy atom. The number of likely N-dealkylation sites (tertiary alicyclic amines) is 1. The van der Waals surface area contributed by atoms with Gasteiger partial charge < -0.3 is 4.90 Å². The lowest BCUT2D eigenvalue weighted by Crippen LogP contribution is -2.43. The molecule has 7 heteroatoms. The molecule has 4 heterocycles. The molecular formula is C25H25N5O2. The van der Waals surface area contributed by atoms with E-state index in [0.717, 1.165) is 41.3 Å². The van der Waals surface area contributed by atoms with Gasteiger partial charge in [0.15, 0.2) is 5.65 Å². The van der Waals surface area contributed by atoms with Crippen LogP contribution in [0.5, 0.6) is 0 Å². The number of carbonyl (C=O) groups excluding carboxylic acids is 1. The van der Waals surface area contributed by atoms with E-state index < -0.39 is 0 Å². The van der Waals surface area contributed by atoms with Crippen molar-refractivity contribution in [2.75, 3.05) is 13.1 Å². The molecule has 32 heavy (non-hydrogen) atoms. The summed E-state index contributed by atoms with van der Waals surface area (Å²) in [6, 6.07) is 13.5. The quantitative estimate of drug-likeness (QED) is 0.499. The number of rotatable bonds is 4. The molecule has 4 aromatic rings. The molecule has 1 amide bonds. The first-order valence-corrected chi connectivity index (χ1v) is 11.4. The fraction of sp³-hybridized carbons (Fsp3) is 0.360. The smallest absolute Gasteiger partial charge is 0.330 e. The first-order valence-electron chi connectivity index (χ1n) is 11.4. The van der Waals surface area contributed by atoms with E-state index in [0.29, 0.717) is 24.7 Å². The molecule has 1 atom stereocenters. The molecule has 0 radical (unpaired) electrons. The molecule has 6 rings (SSSR count). The van der Waals surface area contributed by atoms with Crippen LogP contribution < -0.4 is 5.69 Å². The molecule has 7 nitrogen and oxygen atoms in total. The Bertz CT molecular complexity index is 1380. The maximum absolute atomic E-state index is 13.5. The van der Waals surface area contributed by atoms with Gasteiger partial charge in [-0.3, -0.25) is 18.9 Å². The van der Waals surface area contributed by atoms with Gasteiger partial charge in [0.25, 0.3) is 5.91 Å². The highest BCUT2D eigenvalue weighted by Gasteiger charge is 2.31. The molecule has 0 unspecified atom stereocenters. The topological polar surface area (TPSA) is 73.0 Å². The van der Waals surface area contributed by atoms with E-state index in [2.05, 4.69) is 9.97 Å². The predicted molar refractivity (Wildman–Crippen MR) is 123 cm³/mol. The Morgan fingerprint density at radius 1 is 1.00 bits per heavy atom. The summed E-state index contributed by atoms with van der Waals surface area (Å²) in [4.78, 5) is 37.7. The molecule has 3 aromatic heterocycles. The Balaban J connectivity index is 1.35. The fourth-order valence-electron chi connectivity index (χ4n) is 4.96. The number of amides is 1. The van der Waals surface area contributed by atoms with Gasteiger partial charge in [0.2, 0.25) is 0 Å². The number of nitrogens with zero attached hydrogens (tertiary/aromatic N) is 5. The van der Waals surface area contributed by atoms with Crippen molar-refractivity contribution in [2.24, 2.45) is 5.92 Å². The second kappa shape index (κ2) is 7.58. The Kier molecular flexibility index (Phi) is 4.56. The van der Waals surface area contributed by atoms with Crippen LogP contribution in [0, 0.1) is 5.92 Å². The second-order valence-corrected chi connectivity index (χ2v) is 8.98. The number of fused-ring (bicyclic) bond motifs is 2. The largest absolute Gasteiger partial charge is 0.335 e. The summed E-state index contributed by atoms with van der Waals surface area (Å²) in [6.07, 6.45) is 7.50. The monoisotopic (exact) mass is 427 g/mol. The van der Waals surface area contributed by atoms with Crippen LogP contribution >= 0.6 is 0 Å². The molecule has 1 aliphatic heterocycles. The molecule has 1 aromatic carbocycles. The third-order valence-electron chi connectivity index (χ3n) is 6.78. The summed E-state index contributed by atoms with van der Waals surface area (Å²) < 4.78 is 3.71. The van der Waals surface area contributed by atoms with E-state index in [1.165, 1.54) is 12.8 Å². The van der Waals surface area contributed by atoms with Crippen LogP contribution in [-0.2, 0) is 6.54 Å². The maximum atomic E-state index is 13.5. The minimum atomic E-state index is -0.0898. The molecule has 0 spiro atoms. The molecule has 1 saturated heterocycles. The number of carbonyl (C=O) groups is 1. The van der Waals surface area contributed by atoms with Gasteiger partial charge in [0, 0.05) is 37.4 Å². The third-order valence-corrected chi connectivity index (χ3v) is 6.78. The lowest BCUT2D eigenvalue weighted by atomic mass is 10.0. The van der Waals surface area contributed by atoms with Crippen LogP contribution in [0.25, 0.3) is 21.9 Å². The summed E-state index contributed by atoms with van der Waals surface area (Å²) in [5.41, 5.74) is 2.09. The molecule has 1 saturated carbocycles. The highest BCUT2D eigenvalue weighted by atomic mass is 16.2. The van der Waals surface area contributed by atoms with Crippen LogP contribution in [-0.4, -0.2) is 43.0 Å².